The zero-order chi connectivity index (χ0) is 22.7. The van der Waals surface area contributed by atoms with E-state index in [1.807, 2.05) is 0 Å². The van der Waals surface area contributed by atoms with Crippen molar-refractivity contribution in [2.75, 3.05) is 23.9 Å². The molecular formula is C22H30F3N3O3S. The molecule has 0 radical (unpaired) electrons. The van der Waals surface area contributed by atoms with Gasteiger partial charge in [-0.3, -0.25) is 18.2 Å². The van der Waals surface area contributed by atoms with Crippen LogP contribution in [0.25, 0.3) is 0 Å². The van der Waals surface area contributed by atoms with Crippen LogP contribution in [0.4, 0.5) is 18.9 Å². The van der Waals surface area contributed by atoms with Crippen LogP contribution in [-0.4, -0.2) is 45.0 Å². The molecule has 4 bridgehead atoms. The van der Waals surface area contributed by atoms with Gasteiger partial charge in [-0.25, -0.2) is 0 Å². The van der Waals surface area contributed by atoms with Crippen molar-refractivity contribution in [1.29, 1.82) is 0 Å². The molecule has 3 N–H and O–H groups in total. The smallest absolute Gasteiger partial charge is 0.352 e. The molecule has 1 heterocycles. The Morgan fingerprint density at radius 3 is 2.16 bits per heavy atom. The molecule has 0 atom stereocenters. The number of anilines is 1. The monoisotopic (exact) mass is 473 g/mol. The van der Waals surface area contributed by atoms with Crippen LogP contribution in [0.3, 0.4) is 0 Å². The standard InChI is InChI=1S/C22H30F3N3O3S/c23-22(24,25)18-2-4-19(5-3-18)28-7-1-6-27(32(28,30)31)13-20(29)26-21-16-9-14-8-15(11-16)12-17(21)10-14/h2-5,14-17,21,30-31H,1,6-13H2,(H,26,29). The predicted octanol–water partition coefficient (Wildman–Crippen LogP) is 4.74. The number of rotatable bonds is 4. The number of benzene rings is 1. The van der Waals surface area contributed by atoms with Gasteiger partial charge in [0.1, 0.15) is 0 Å². The van der Waals surface area contributed by atoms with Gasteiger partial charge in [-0.2, -0.15) is 17.5 Å². The Kier molecular flexibility index (Phi) is 5.63. The second kappa shape index (κ2) is 8.07. The van der Waals surface area contributed by atoms with E-state index < -0.39 is 22.7 Å². The summed E-state index contributed by atoms with van der Waals surface area (Å²) in [6.07, 6.45) is 2.17. The fourth-order valence-electron chi connectivity index (χ4n) is 6.58. The maximum absolute atomic E-state index is 12.9. The second-order valence-electron chi connectivity index (χ2n) is 9.88. The molecule has 6 rings (SSSR count). The molecule has 5 fully saturated rings. The number of alkyl halides is 3. The maximum atomic E-state index is 12.9. The van der Waals surface area contributed by atoms with E-state index in [0.717, 1.165) is 24.0 Å². The number of amides is 1. The first kappa shape index (κ1) is 22.3. The fourth-order valence-corrected chi connectivity index (χ4v) is 8.30. The Morgan fingerprint density at radius 2 is 1.59 bits per heavy atom. The topological polar surface area (TPSA) is 76.0 Å². The summed E-state index contributed by atoms with van der Waals surface area (Å²) in [5.74, 6) is 2.45. The third-order valence-corrected chi connectivity index (χ3v) is 9.76. The van der Waals surface area contributed by atoms with Gasteiger partial charge in [-0.1, -0.05) is 11.0 Å². The molecule has 1 amide bonds. The summed E-state index contributed by atoms with van der Waals surface area (Å²) in [4.78, 5) is 12.9. The van der Waals surface area contributed by atoms with E-state index in [9.17, 15) is 27.1 Å². The summed E-state index contributed by atoms with van der Waals surface area (Å²) < 4.78 is 63.1. The minimum absolute atomic E-state index is 0.137. The van der Waals surface area contributed by atoms with Crippen LogP contribution < -0.4 is 9.62 Å². The first-order valence-electron chi connectivity index (χ1n) is 11.4. The highest BCUT2D eigenvalue weighted by Crippen LogP contribution is 2.54. The number of nitrogens with zero attached hydrogens (tertiary/aromatic N) is 2. The first-order valence-corrected chi connectivity index (χ1v) is 12.8. The molecule has 0 unspecified atom stereocenters. The summed E-state index contributed by atoms with van der Waals surface area (Å²) in [7, 11) is -3.50. The van der Waals surface area contributed by atoms with Gasteiger partial charge in [0, 0.05) is 19.1 Å². The number of carbonyl (C=O) groups excluding carboxylic acids is 1. The molecule has 10 heteroatoms. The molecule has 1 aliphatic heterocycles. The van der Waals surface area contributed by atoms with Crippen molar-refractivity contribution in [2.24, 2.45) is 23.7 Å². The average molecular weight is 474 g/mol. The van der Waals surface area contributed by atoms with Crippen molar-refractivity contribution in [1.82, 2.24) is 9.62 Å². The number of halogens is 3. The molecule has 6 nitrogen and oxygen atoms in total. The molecule has 5 aliphatic rings. The van der Waals surface area contributed by atoms with Crippen LogP contribution in [0.15, 0.2) is 24.3 Å². The number of nitrogens with one attached hydrogen (secondary N) is 1. The number of hydrogen-bond acceptors (Lipinski definition) is 5. The van der Waals surface area contributed by atoms with Crippen molar-refractivity contribution in [3.8, 4) is 0 Å². The van der Waals surface area contributed by atoms with Crippen molar-refractivity contribution >= 4 is 22.6 Å². The van der Waals surface area contributed by atoms with Crippen LogP contribution >= 0.6 is 11.0 Å². The lowest BCUT2D eigenvalue weighted by atomic mass is 9.54. The molecule has 1 saturated heterocycles. The summed E-state index contributed by atoms with van der Waals surface area (Å²) in [6, 6.07) is 4.53. The summed E-state index contributed by atoms with van der Waals surface area (Å²) in [5.41, 5.74) is -0.495. The SMILES string of the molecule is O=C(CN1CCCN(c2ccc(C(F)(F)F)cc2)S1(O)O)NC1C2CC3CC(C2)CC1C3. The van der Waals surface area contributed by atoms with Crippen molar-refractivity contribution in [3.05, 3.63) is 29.8 Å². The molecule has 178 valence electrons. The zero-order valence-corrected chi connectivity index (χ0v) is 18.6. The zero-order valence-electron chi connectivity index (χ0n) is 17.8. The van der Waals surface area contributed by atoms with Gasteiger partial charge in [0.15, 0.2) is 0 Å². The van der Waals surface area contributed by atoms with Gasteiger partial charge < -0.3 is 5.32 Å². The molecule has 4 saturated carbocycles. The summed E-state index contributed by atoms with van der Waals surface area (Å²) in [6.45, 7) is 0.498. The molecule has 0 aromatic heterocycles. The molecular weight excluding hydrogens is 443 g/mol. The maximum Gasteiger partial charge on any atom is 0.416 e. The molecule has 4 aliphatic carbocycles. The lowest BCUT2D eigenvalue weighted by molar-refractivity contribution is -0.137. The lowest BCUT2D eigenvalue weighted by Crippen LogP contribution is -2.57. The Labute approximate surface area is 187 Å². The third-order valence-electron chi connectivity index (χ3n) is 7.77. The van der Waals surface area contributed by atoms with Gasteiger partial charge in [0.05, 0.1) is 17.8 Å². The Balaban J connectivity index is 1.24. The van der Waals surface area contributed by atoms with Gasteiger partial charge >= 0.3 is 6.18 Å². The second-order valence-corrected chi connectivity index (χ2v) is 11.8. The molecule has 32 heavy (non-hydrogen) atoms. The molecule has 1 aromatic carbocycles. The Bertz CT molecular complexity index is 836. The van der Waals surface area contributed by atoms with Crippen LogP contribution in [0.2, 0.25) is 0 Å². The van der Waals surface area contributed by atoms with Gasteiger partial charge in [-0.05, 0) is 86.5 Å². The van der Waals surface area contributed by atoms with Crippen molar-refractivity contribution in [3.63, 3.8) is 0 Å². The van der Waals surface area contributed by atoms with E-state index in [-0.39, 0.29) is 18.5 Å². The van der Waals surface area contributed by atoms with Crippen LogP contribution in [0.5, 0.6) is 0 Å². The van der Waals surface area contributed by atoms with Gasteiger partial charge in [0.25, 0.3) is 0 Å². The highest BCUT2D eigenvalue weighted by Gasteiger charge is 2.49. The van der Waals surface area contributed by atoms with Crippen LogP contribution in [0, 0.1) is 23.7 Å². The lowest BCUT2D eigenvalue weighted by Gasteiger charge is -2.55. The van der Waals surface area contributed by atoms with Crippen LogP contribution in [0.1, 0.15) is 44.1 Å². The van der Waals surface area contributed by atoms with Gasteiger partial charge in [0.2, 0.25) is 5.91 Å². The number of carbonyl (C=O) groups is 1. The fraction of sp³-hybridized carbons (Fsp3) is 0.682. The first-order chi connectivity index (χ1) is 15.1. The molecule has 0 spiro atoms. The largest absolute Gasteiger partial charge is 0.416 e. The Hall–Kier alpha value is -1.49. The predicted molar refractivity (Wildman–Crippen MR) is 117 cm³/mol. The van der Waals surface area contributed by atoms with Crippen LogP contribution in [-0.2, 0) is 11.0 Å². The van der Waals surface area contributed by atoms with E-state index in [1.165, 1.54) is 52.8 Å². The van der Waals surface area contributed by atoms with Gasteiger partial charge in [-0.15, -0.1) is 0 Å². The Morgan fingerprint density at radius 1 is 1.00 bits per heavy atom. The third kappa shape index (κ3) is 4.10. The summed E-state index contributed by atoms with van der Waals surface area (Å²) >= 11 is 0. The normalized spacial score (nSPS) is 35.0. The minimum atomic E-state index is -4.45. The summed E-state index contributed by atoms with van der Waals surface area (Å²) in [5, 5.41) is 3.19. The number of hydrogen-bond donors (Lipinski definition) is 3. The van der Waals surface area contributed by atoms with E-state index in [0.29, 0.717) is 37.0 Å². The van der Waals surface area contributed by atoms with E-state index in [1.54, 1.807) is 0 Å². The quantitative estimate of drug-likeness (QED) is 0.589. The minimum Gasteiger partial charge on any atom is -0.352 e. The highest BCUT2D eigenvalue weighted by atomic mass is 32.3. The van der Waals surface area contributed by atoms with E-state index >= 15 is 0 Å². The highest BCUT2D eigenvalue weighted by molar-refractivity contribution is 8.23. The van der Waals surface area contributed by atoms with Crippen molar-refractivity contribution in [2.45, 2.75) is 50.7 Å². The van der Waals surface area contributed by atoms with Crippen molar-refractivity contribution < 1.29 is 27.1 Å². The van der Waals surface area contributed by atoms with E-state index in [4.69, 9.17) is 0 Å². The average Bonchev–Trinajstić information content (AvgIpc) is 2.71. The molecule has 1 aromatic rings. The van der Waals surface area contributed by atoms with E-state index in [2.05, 4.69) is 5.32 Å².